The van der Waals surface area contributed by atoms with Crippen molar-refractivity contribution < 1.29 is 24.9 Å². The van der Waals surface area contributed by atoms with E-state index >= 15 is 0 Å². The molecule has 0 aromatic carbocycles. The molecule has 18 heavy (non-hydrogen) atoms. The van der Waals surface area contributed by atoms with E-state index in [9.17, 15) is 15.0 Å². The number of nitrogens with zero attached hydrogens (tertiary/aromatic N) is 2. The smallest absolute Gasteiger partial charge is 0.269 e. The van der Waals surface area contributed by atoms with Crippen molar-refractivity contribution >= 4 is 11.7 Å². The molecule has 1 aromatic rings. The standard InChI is InChI=1S/C9H14N4O5/c10-7-4(8(11)17)13(2-12-7)9-6(16)5(15)3(1-14)18-9/h2-3,5-6,9,14-16H,1,10H2,(H2,11,17)/t3-,5-,6-,9?/m0/s1. The second kappa shape index (κ2) is 4.53. The summed E-state index contributed by atoms with van der Waals surface area (Å²) in [4.78, 5) is 14.9. The van der Waals surface area contributed by atoms with Crippen LogP contribution in [0.4, 0.5) is 5.82 Å². The van der Waals surface area contributed by atoms with E-state index in [1.54, 1.807) is 0 Å². The second-order valence-electron chi connectivity index (χ2n) is 3.98. The maximum absolute atomic E-state index is 11.2. The number of primary amides is 1. The average Bonchev–Trinajstić information content (AvgIpc) is 2.82. The fourth-order valence-corrected chi connectivity index (χ4v) is 1.93. The van der Waals surface area contributed by atoms with E-state index in [2.05, 4.69) is 4.98 Å². The molecule has 0 radical (unpaired) electrons. The minimum atomic E-state index is -1.33. The number of rotatable bonds is 3. The Morgan fingerprint density at radius 1 is 1.50 bits per heavy atom. The molecule has 0 bridgehead atoms. The second-order valence-corrected chi connectivity index (χ2v) is 3.98. The predicted octanol–water partition coefficient (Wildman–Crippen LogP) is -2.82. The Balaban J connectivity index is 2.36. The number of anilines is 1. The van der Waals surface area contributed by atoms with Crippen molar-refractivity contribution in [3.05, 3.63) is 12.0 Å². The Labute approximate surface area is 102 Å². The lowest BCUT2D eigenvalue weighted by Gasteiger charge is -2.17. The molecule has 2 heterocycles. The molecular weight excluding hydrogens is 244 g/mol. The summed E-state index contributed by atoms with van der Waals surface area (Å²) in [5, 5.41) is 28.4. The average molecular weight is 258 g/mol. The van der Waals surface area contributed by atoms with Gasteiger partial charge >= 0.3 is 0 Å². The highest BCUT2D eigenvalue weighted by molar-refractivity contribution is 5.95. The summed E-state index contributed by atoms with van der Waals surface area (Å²) >= 11 is 0. The van der Waals surface area contributed by atoms with Crippen LogP contribution < -0.4 is 11.5 Å². The lowest BCUT2D eigenvalue weighted by Crippen LogP contribution is -2.33. The monoisotopic (exact) mass is 258 g/mol. The van der Waals surface area contributed by atoms with Gasteiger partial charge in [-0.25, -0.2) is 4.98 Å². The maximum Gasteiger partial charge on any atom is 0.269 e. The topological polar surface area (TPSA) is 157 Å². The third-order valence-corrected chi connectivity index (χ3v) is 2.85. The number of carbonyl (C=O) groups is 1. The van der Waals surface area contributed by atoms with Crippen LogP contribution in [0.2, 0.25) is 0 Å². The summed E-state index contributed by atoms with van der Waals surface area (Å²) in [6, 6.07) is 0. The van der Waals surface area contributed by atoms with Crippen molar-refractivity contribution in [3.63, 3.8) is 0 Å². The van der Waals surface area contributed by atoms with Gasteiger partial charge in [-0.05, 0) is 0 Å². The fourth-order valence-electron chi connectivity index (χ4n) is 1.93. The van der Waals surface area contributed by atoms with E-state index in [-0.39, 0.29) is 11.5 Å². The summed E-state index contributed by atoms with van der Waals surface area (Å²) in [5.41, 5.74) is 10.5. The van der Waals surface area contributed by atoms with Gasteiger partial charge in [0.2, 0.25) is 0 Å². The van der Waals surface area contributed by atoms with Crippen LogP contribution in [0.1, 0.15) is 16.7 Å². The van der Waals surface area contributed by atoms with Gasteiger partial charge in [-0.1, -0.05) is 0 Å². The highest BCUT2D eigenvalue weighted by Gasteiger charge is 2.44. The number of aliphatic hydroxyl groups is 3. The van der Waals surface area contributed by atoms with Crippen LogP contribution in [0.15, 0.2) is 6.33 Å². The van der Waals surface area contributed by atoms with Crippen molar-refractivity contribution in [2.75, 3.05) is 12.3 Å². The zero-order valence-corrected chi connectivity index (χ0v) is 9.30. The number of hydrogen-bond donors (Lipinski definition) is 5. The van der Waals surface area contributed by atoms with Crippen molar-refractivity contribution in [2.24, 2.45) is 5.73 Å². The normalized spacial score (nSPS) is 31.7. The van der Waals surface area contributed by atoms with Crippen molar-refractivity contribution in [1.29, 1.82) is 0 Å². The maximum atomic E-state index is 11.2. The number of ether oxygens (including phenoxy) is 1. The van der Waals surface area contributed by atoms with Gasteiger partial charge in [0.1, 0.15) is 18.3 Å². The molecule has 100 valence electrons. The molecule has 1 amide bonds. The van der Waals surface area contributed by atoms with Crippen LogP contribution in [0.25, 0.3) is 0 Å². The Morgan fingerprint density at radius 3 is 2.67 bits per heavy atom. The van der Waals surface area contributed by atoms with Crippen molar-refractivity contribution in [1.82, 2.24) is 9.55 Å². The molecule has 1 saturated heterocycles. The van der Waals surface area contributed by atoms with Gasteiger partial charge in [-0.3, -0.25) is 9.36 Å². The first kappa shape index (κ1) is 12.8. The number of nitrogen functional groups attached to an aromatic ring is 1. The SMILES string of the molecule is NC(=O)c1c(N)ncn1C1O[C@@H](CO)[C@H](O)[C@@H]1O. The molecule has 1 aliphatic rings. The first-order valence-electron chi connectivity index (χ1n) is 5.22. The van der Waals surface area contributed by atoms with Gasteiger partial charge in [0.25, 0.3) is 5.91 Å². The number of carbonyl (C=O) groups excluding carboxylic acids is 1. The fraction of sp³-hybridized carbons (Fsp3) is 0.556. The van der Waals surface area contributed by atoms with Gasteiger partial charge < -0.3 is 31.5 Å². The first-order chi connectivity index (χ1) is 8.47. The number of amides is 1. The van der Waals surface area contributed by atoms with E-state index in [0.717, 1.165) is 4.57 Å². The third-order valence-electron chi connectivity index (χ3n) is 2.85. The Kier molecular flexibility index (Phi) is 3.22. The van der Waals surface area contributed by atoms with Gasteiger partial charge in [-0.15, -0.1) is 0 Å². The van der Waals surface area contributed by atoms with Crippen LogP contribution >= 0.6 is 0 Å². The predicted molar refractivity (Wildman–Crippen MR) is 58.2 cm³/mol. The lowest BCUT2D eigenvalue weighted by molar-refractivity contribution is -0.0534. The molecule has 4 atom stereocenters. The lowest BCUT2D eigenvalue weighted by atomic mass is 10.1. The molecule has 1 fully saturated rings. The van der Waals surface area contributed by atoms with Crippen LogP contribution in [-0.4, -0.2) is 55.7 Å². The van der Waals surface area contributed by atoms with E-state index in [1.807, 2.05) is 0 Å². The number of imidazole rings is 1. The summed E-state index contributed by atoms with van der Waals surface area (Å²) < 4.78 is 6.38. The van der Waals surface area contributed by atoms with Crippen LogP contribution in [-0.2, 0) is 4.74 Å². The van der Waals surface area contributed by atoms with Gasteiger partial charge in [0.05, 0.1) is 12.9 Å². The highest BCUT2D eigenvalue weighted by atomic mass is 16.6. The van der Waals surface area contributed by atoms with Gasteiger partial charge in [0.15, 0.2) is 17.7 Å². The molecule has 1 aliphatic heterocycles. The van der Waals surface area contributed by atoms with E-state index in [0.29, 0.717) is 0 Å². The molecule has 1 unspecified atom stereocenters. The zero-order valence-electron chi connectivity index (χ0n) is 9.30. The quantitative estimate of drug-likeness (QED) is 0.391. The van der Waals surface area contributed by atoms with Crippen LogP contribution in [0.5, 0.6) is 0 Å². The molecule has 2 rings (SSSR count). The highest BCUT2D eigenvalue weighted by Crippen LogP contribution is 2.31. The molecule has 9 nitrogen and oxygen atoms in total. The van der Waals surface area contributed by atoms with E-state index in [1.165, 1.54) is 6.33 Å². The van der Waals surface area contributed by atoms with Crippen LogP contribution in [0, 0.1) is 0 Å². The van der Waals surface area contributed by atoms with Gasteiger partial charge in [-0.2, -0.15) is 0 Å². The molecule has 0 aliphatic carbocycles. The molecule has 0 spiro atoms. The summed E-state index contributed by atoms with van der Waals surface area (Å²) in [6.45, 7) is -0.467. The zero-order chi connectivity index (χ0) is 13.4. The van der Waals surface area contributed by atoms with Gasteiger partial charge in [0, 0.05) is 0 Å². The first-order valence-corrected chi connectivity index (χ1v) is 5.22. The van der Waals surface area contributed by atoms with E-state index < -0.39 is 37.1 Å². The molecular formula is C9H14N4O5. The molecule has 0 saturated carbocycles. The Hall–Kier alpha value is -1.68. The number of hydrogen-bond acceptors (Lipinski definition) is 7. The Morgan fingerprint density at radius 2 is 2.17 bits per heavy atom. The summed E-state index contributed by atoms with van der Waals surface area (Å²) in [7, 11) is 0. The third kappa shape index (κ3) is 1.82. The van der Waals surface area contributed by atoms with Crippen LogP contribution in [0.3, 0.4) is 0 Å². The number of aromatic nitrogens is 2. The molecule has 9 heteroatoms. The van der Waals surface area contributed by atoms with E-state index in [4.69, 9.17) is 21.3 Å². The van der Waals surface area contributed by atoms with Crippen molar-refractivity contribution in [3.8, 4) is 0 Å². The minimum absolute atomic E-state index is 0.0970. The Bertz CT molecular complexity index is 462. The minimum Gasteiger partial charge on any atom is -0.394 e. The summed E-state index contributed by atoms with van der Waals surface area (Å²) in [6.07, 6.45) is -3.45. The molecule has 1 aromatic heterocycles. The molecule has 7 N–H and O–H groups in total. The number of aliphatic hydroxyl groups excluding tert-OH is 3. The number of nitrogens with two attached hydrogens (primary N) is 2. The summed E-state index contributed by atoms with van der Waals surface area (Å²) in [5.74, 6) is -0.928. The van der Waals surface area contributed by atoms with Crippen molar-refractivity contribution in [2.45, 2.75) is 24.5 Å². The largest absolute Gasteiger partial charge is 0.394 e.